The number of fused-ring (bicyclic) bond motifs is 2. The topological polar surface area (TPSA) is 77.4 Å². The van der Waals surface area contributed by atoms with Gasteiger partial charge in [0.25, 0.3) is 0 Å². The highest BCUT2D eigenvalue weighted by atomic mass is 28.4. The second-order valence-electron chi connectivity index (χ2n) is 4.93. The fraction of sp³-hybridized carbons (Fsp3) is 1.00. The highest BCUT2D eigenvalue weighted by molar-refractivity contribution is 6.62. The van der Waals surface area contributed by atoms with Crippen molar-refractivity contribution in [2.75, 3.05) is 19.8 Å². The number of aliphatic hydroxyl groups is 2. The lowest BCUT2D eigenvalue weighted by atomic mass is 10.1. The van der Waals surface area contributed by atoms with Gasteiger partial charge in [0.2, 0.25) is 0 Å². The van der Waals surface area contributed by atoms with E-state index < -0.39 is 14.9 Å². The zero-order chi connectivity index (χ0) is 13.2. The summed E-state index contributed by atoms with van der Waals surface area (Å²) in [5, 5.41) is 17.7. The van der Waals surface area contributed by atoms with Gasteiger partial charge < -0.3 is 28.2 Å². The van der Waals surface area contributed by atoms with Crippen molar-refractivity contribution in [2.24, 2.45) is 0 Å². The summed E-state index contributed by atoms with van der Waals surface area (Å²) in [7, 11) is -2.44. The maximum Gasteiger partial charge on any atom is 0.502 e. The largest absolute Gasteiger partial charge is 0.502 e. The fourth-order valence-electron chi connectivity index (χ4n) is 2.40. The summed E-state index contributed by atoms with van der Waals surface area (Å²) in [5.74, 6) is 0. The van der Waals surface area contributed by atoms with Crippen molar-refractivity contribution in [2.45, 2.75) is 50.7 Å². The van der Waals surface area contributed by atoms with Crippen molar-refractivity contribution in [1.82, 2.24) is 0 Å². The molecule has 0 aromatic heterocycles. The summed E-state index contributed by atoms with van der Waals surface area (Å²) >= 11 is 0. The van der Waals surface area contributed by atoms with Crippen LogP contribution in [0.15, 0.2) is 0 Å². The first-order chi connectivity index (χ1) is 8.56. The Kier molecular flexibility index (Phi) is 4.76. The van der Waals surface area contributed by atoms with Gasteiger partial charge in [-0.25, -0.2) is 0 Å². The van der Waals surface area contributed by atoms with Gasteiger partial charge in [0.05, 0.1) is 31.5 Å². The number of hydrogen-bond acceptors (Lipinski definition) is 6. The molecule has 2 saturated heterocycles. The Labute approximate surface area is 108 Å². The monoisotopic (exact) mass is 278 g/mol. The average Bonchev–Trinajstić information content (AvgIpc) is 2.81. The van der Waals surface area contributed by atoms with E-state index in [1.54, 1.807) is 0 Å². The van der Waals surface area contributed by atoms with Gasteiger partial charge in [-0.15, -0.1) is 0 Å². The lowest BCUT2D eigenvalue weighted by molar-refractivity contribution is 0.00507. The molecule has 0 aromatic carbocycles. The van der Waals surface area contributed by atoms with Crippen LogP contribution in [0.5, 0.6) is 0 Å². The van der Waals surface area contributed by atoms with Crippen LogP contribution in [-0.2, 0) is 18.0 Å². The highest BCUT2D eigenvalue weighted by Crippen LogP contribution is 2.40. The van der Waals surface area contributed by atoms with Crippen molar-refractivity contribution in [3.8, 4) is 0 Å². The number of hydrogen-bond donors (Lipinski definition) is 2. The molecule has 2 N–H and O–H groups in total. The van der Waals surface area contributed by atoms with E-state index in [9.17, 15) is 0 Å². The molecule has 0 aliphatic carbocycles. The normalized spacial score (nSPS) is 40.3. The SMILES string of the molecule is CC1O[Si]2(CCCOCC(O)CO)OC(C)C1O2. The van der Waals surface area contributed by atoms with Gasteiger partial charge in [0.15, 0.2) is 0 Å². The van der Waals surface area contributed by atoms with Crippen LogP contribution in [0.4, 0.5) is 0 Å². The molecule has 2 bridgehead atoms. The quantitative estimate of drug-likeness (QED) is 0.500. The number of ether oxygens (including phenoxy) is 1. The van der Waals surface area contributed by atoms with Crippen molar-refractivity contribution in [3.05, 3.63) is 0 Å². The number of rotatable bonds is 7. The van der Waals surface area contributed by atoms with E-state index in [1.165, 1.54) is 0 Å². The third kappa shape index (κ3) is 3.10. The van der Waals surface area contributed by atoms with Crippen LogP contribution in [0.3, 0.4) is 0 Å². The first-order valence-electron chi connectivity index (χ1n) is 6.46. The van der Waals surface area contributed by atoms with Crippen molar-refractivity contribution < 1.29 is 28.2 Å². The van der Waals surface area contributed by atoms with E-state index in [0.29, 0.717) is 6.61 Å². The Bertz CT molecular complexity index is 264. The minimum atomic E-state index is -2.44. The molecular weight excluding hydrogens is 256 g/mol. The molecule has 2 heterocycles. The zero-order valence-corrected chi connectivity index (χ0v) is 11.9. The predicted molar refractivity (Wildman–Crippen MR) is 65.1 cm³/mol. The predicted octanol–water partition coefficient (Wildman–Crippen LogP) is -0.0922. The highest BCUT2D eigenvalue weighted by Gasteiger charge is 2.60. The summed E-state index contributed by atoms with van der Waals surface area (Å²) in [6.07, 6.45) is 0.298. The van der Waals surface area contributed by atoms with Gasteiger partial charge in [0, 0.05) is 12.7 Å². The summed E-state index contributed by atoms with van der Waals surface area (Å²) in [6, 6.07) is 0.743. The standard InChI is InChI=1S/C11H22O6Si/c1-8-11-9(2)16-18(15-8,17-11)5-3-4-14-7-10(13)6-12/h8-13H,3-7H2,1-2H3. The Morgan fingerprint density at radius 3 is 2.44 bits per heavy atom. The van der Waals surface area contributed by atoms with Gasteiger partial charge in [-0.05, 0) is 20.3 Å². The second kappa shape index (κ2) is 5.95. The molecule has 0 saturated carbocycles. The lowest BCUT2D eigenvalue weighted by Gasteiger charge is -2.26. The molecule has 2 fully saturated rings. The summed E-state index contributed by atoms with van der Waals surface area (Å²) in [4.78, 5) is 0. The Morgan fingerprint density at radius 2 is 1.89 bits per heavy atom. The number of aliphatic hydroxyl groups excluding tert-OH is 2. The van der Waals surface area contributed by atoms with Crippen LogP contribution >= 0.6 is 0 Å². The molecule has 2 aliphatic heterocycles. The smallest absolute Gasteiger partial charge is 0.394 e. The molecule has 106 valence electrons. The third-order valence-electron chi connectivity index (χ3n) is 3.26. The maximum atomic E-state index is 9.10. The molecule has 0 spiro atoms. The minimum Gasteiger partial charge on any atom is -0.394 e. The van der Waals surface area contributed by atoms with Crippen molar-refractivity contribution >= 4 is 8.80 Å². The first kappa shape index (κ1) is 14.4. The van der Waals surface area contributed by atoms with Gasteiger partial charge in [-0.2, -0.15) is 0 Å². The molecule has 7 heteroatoms. The molecule has 0 aromatic rings. The first-order valence-corrected chi connectivity index (χ1v) is 8.39. The summed E-state index contributed by atoms with van der Waals surface area (Å²) in [5.41, 5.74) is 0. The van der Waals surface area contributed by atoms with E-state index in [4.69, 9.17) is 28.2 Å². The van der Waals surface area contributed by atoms with Gasteiger partial charge >= 0.3 is 8.80 Å². The van der Waals surface area contributed by atoms with Gasteiger partial charge in [-0.1, -0.05) is 0 Å². The fourth-order valence-corrected chi connectivity index (χ4v) is 5.70. The van der Waals surface area contributed by atoms with Crippen LogP contribution in [0.1, 0.15) is 20.3 Å². The maximum absolute atomic E-state index is 9.10. The van der Waals surface area contributed by atoms with E-state index in [1.807, 2.05) is 13.8 Å². The van der Waals surface area contributed by atoms with Crippen molar-refractivity contribution in [3.63, 3.8) is 0 Å². The Morgan fingerprint density at radius 1 is 1.22 bits per heavy atom. The molecule has 2 aliphatic rings. The summed E-state index contributed by atoms with van der Waals surface area (Å²) < 4.78 is 22.8. The Balaban J connectivity index is 1.65. The molecule has 0 amide bonds. The van der Waals surface area contributed by atoms with Crippen molar-refractivity contribution in [1.29, 1.82) is 0 Å². The van der Waals surface area contributed by atoms with Crippen LogP contribution in [0.25, 0.3) is 0 Å². The second-order valence-corrected chi connectivity index (χ2v) is 7.50. The van der Waals surface area contributed by atoms with E-state index in [-0.39, 0.29) is 31.5 Å². The molecule has 0 radical (unpaired) electrons. The van der Waals surface area contributed by atoms with Gasteiger partial charge in [-0.3, -0.25) is 0 Å². The molecule has 18 heavy (non-hydrogen) atoms. The van der Waals surface area contributed by atoms with E-state index in [2.05, 4.69) is 0 Å². The van der Waals surface area contributed by atoms with Crippen LogP contribution in [0.2, 0.25) is 6.04 Å². The molecule has 2 rings (SSSR count). The molecule has 3 unspecified atom stereocenters. The third-order valence-corrected chi connectivity index (χ3v) is 6.32. The van der Waals surface area contributed by atoms with Crippen LogP contribution in [0, 0.1) is 0 Å². The minimum absolute atomic E-state index is 0.0776. The lowest BCUT2D eigenvalue weighted by Crippen LogP contribution is -2.44. The van der Waals surface area contributed by atoms with Crippen LogP contribution < -0.4 is 0 Å². The van der Waals surface area contributed by atoms with E-state index in [0.717, 1.165) is 12.5 Å². The van der Waals surface area contributed by atoms with Gasteiger partial charge in [0.1, 0.15) is 6.10 Å². The molecular formula is C11H22O6Si. The van der Waals surface area contributed by atoms with Crippen LogP contribution in [-0.4, -0.2) is 63.3 Å². The summed E-state index contributed by atoms with van der Waals surface area (Å²) in [6.45, 7) is 4.43. The molecule has 3 atom stereocenters. The zero-order valence-electron chi connectivity index (χ0n) is 10.9. The Hall–Kier alpha value is -0.0231. The average molecular weight is 278 g/mol. The molecule has 6 nitrogen and oxygen atoms in total. The van der Waals surface area contributed by atoms with E-state index >= 15 is 0 Å².